The molecule has 1 aromatic rings. The fourth-order valence-corrected chi connectivity index (χ4v) is 1.86. The van der Waals surface area contributed by atoms with Crippen molar-refractivity contribution in [3.05, 3.63) is 18.0 Å². The zero-order valence-corrected chi connectivity index (χ0v) is 9.42. The first-order valence-corrected chi connectivity index (χ1v) is 5.57. The molecule has 4 N–H and O–H groups in total. The summed E-state index contributed by atoms with van der Waals surface area (Å²) in [4.78, 5) is 3.36. The largest absolute Gasteiger partial charge is 0.433 e. The third-order valence-corrected chi connectivity index (χ3v) is 3.04. The van der Waals surface area contributed by atoms with E-state index in [9.17, 15) is 13.2 Å². The van der Waals surface area contributed by atoms with Gasteiger partial charge >= 0.3 is 6.18 Å². The summed E-state index contributed by atoms with van der Waals surface area (Å²) in [6, 6.07) is 0.824. The summed E-state index contributed by atoms with van der Waals surface area (Å²) in [5.41, 5.74) is 4.54. The second-order valence-corrected chi connectivity index (χ2v) is 4.31. The molecule has 1 heterocycles. The lowest BCUT2D eigenvalue weighted by Crippen LogP contribution is -2.15. The molecule has 0 aliphatic heterocycles. The van der Waals surface area contributed by atoms with Crippen molar-refractivity contribution in [2.24, 2.45) is 0 Å². The number of thioether (sulfide) groups is 1. The number of alkyl halides is 3. The minimum Gasteiger partial charge on any atom is -0.397 e. The Morgan fingerprint density at radius 2 is 2.12 bits per heavy atom. The van der Waals surface area contributed by atoms with Gasteiger partial charge in [0.2, 0.25) is 0 Å². The highest BCUT2D eigenvalue weighted by molar-refractivity contribution is 7.99. The zero-order chi connectivity index (χ0) is 13.1. The third-order valence-electron chi connectivity index (χ3n) is 1.83. The molecular formula is C9H11F3N2O2S. The van der Waals surface area contributed by atoms with Gasteiger partial charge in [0.15, 0.2) is 0 Å². The van der Waals surface area contributed by atoms with Crippen molar-refractivity contribution < 1.29 is 23.4 Å². The Hall–Kier alpha value is -0.990. The summed E-state index contributed by atoms with van der Waals surface area (Å²) in [7, 11) is 0. The number of hydrogen-bond donors (Lipinski definition) is 3. The van der Waals surface area contributed by atoms with Gasteiger partial charge in [-0.15, -0.1) is 11.8 Å². The average molecular weight is 268 g/mol. The molecule has 8 heteroatoms. The maximum Gasteiger partial charge on any atom is 0.433 e. The summed E-state index contributed by atoms with van der Waals surface area (Å²) >= 11 is 0.935. The van der Waals surface area contributed by atoms with Gasteiger partial charge in [-0.25, -0.2) is 4.98 Å². The van der Waals surface area contributed by atoms with E-state index in [2.05, 4.69) is 4.98 Å². The van der Waals surface area contributed by atoms with Gasteiger partial charge in [0, 0.05) is 10.6 Å². The normalized spacial score (nSPS) is 13.7. The number of rotatable bonds is 4. The Kier molecular flexibility index (Phi) is 4.61. The monoisotopic (exact) mass is 268 g/mol. The van der Waals surface area contributed by atoms with E-state index in [4.69, 9.17) is 15.9 Å². The number of aromatic nitrogens is 1. The van der Waals surface area contributed by atoms with Crippen LogP contribution in [-0.2, 0) is 6.18 Å². The van der Waals surface area contributed by atoms with Gasteiger partial charge in [0.05, 0.1) is 24.6 Å². The lowest BCUT2D eigenvalue weighted by Gasteiger charge is -2.11. The van der Waals surface area contributed by atoms with Gasteiger partial charge in [-0.2, -0.15) is 13.2 Å². The quantitative estimate of drug-likeness (QED) is 0.713. The molecule has 1 aromatic heterocycles. The van der Waals surface area contributed by atoms with Crippen molar-refractivity contribution in [3.8, 4) is 0 Å². The van der Waals surface area contributed by atoms with Crippen LogP contribution in [0.3, 0.4) is 0 Å². The molecule has 0 bridgehead atoms. The van der Waals surface area contributed by atoms with E-state index in [0.29, 0.717) is 0 Å². The van der Waals surface area contributed by atoms with Crippen LogP contribution in [0, 0.1) is 0 Å². The van der Waals surface area contributed by atoms with E-state index < -0.39 is 24.6 Å². The summed E-state index contributed by atoms with van der Waals surface area (Å²) in [6.07, 6.45) is -4.60. The highest BCUT2D eigenvalue weighted by Gasteiger charge is 2.32. The molecule has 0 amide bonds. The van der Waals surface area contributed by atoms with Crippen molar-refractivity contribution in [2.45, 2.75) is 17.2 Å². The molecule has 0 saturated carbocycles. The van der Waals surface area contributed by atoms with Gasteiger partial charge in [0.1, 0.15) is 5.69 Å². The number of nitrogen functional groups attached to an aromatic ring is 1. The number of hydrogen-bond acceptors (Lipinski definition) is 5. The number of nitrogens with zero attached hydrogens (tertiary/aromatic N) is 1. The van der Waals surface area contributed by atoms with Crippen LogP contribution in [0.2, 0.25) is 0 Å². The summed E-state index contributed by atoms with van der Waals surface area (Å²) in [5.74, 6) is 0.0576. The summed E-state index contributed by atoms with van der Waals surface area (Å²) in [6.45, 7) is -0.454. The molecule has 1 atom stereocenters. The predicted octanol–water partition coefficient (Wildman–Crippen LogP) is 1.13. The van der Waals surface area contributed by atoms with Crippen LogP contribution in [-0.4, -0.2) is 33.7 Å². The molecule has 96 valence electrons. The number of anilines is 1. The van der Waals surface area contributed by atoms with Crippen molar-refractivity contribution >= 4 is 17.4 Å². The molecule has 17 heavy (non-hydrogen) atoms. The number of aliphatic hydroxyl groups excluding tert-OH is 2. The fourth-order valence-electron chi connectivity index (χ4n) is 0.966. The Labute approximate surface area is 99.7 Å². The summed E-state index contributed by atoms with van der Waals surface area (Å²) < 4.78 is 37.1. The maximum absolute atomic E-state index is 12.4. The number of nitrogens with two attached hydrogens (primary N) is 1. The predicted molar refractivity (Wildman–Crippen MR) is 57.5 cm³/mol. The van der Waals surface area contributed by atoms with E-state index in [1.54, 1.807) is 0 Å². The second-order valence-electron chi connectivity index (χ2n) is 3.25. The van der Waals surface area contributed by atoms with E-state index >= 15 is 0 Å². The van der Waals surface area contributed by atoms with E-state index in [-0.39, 0.29) is 16.3 Å². The molecular weight excluding hydrogens is 257 g/mol. The molecule has 0 fully saturated rings. The van der Waals surface area contributed by atoms with Crippen LogP contribution in [0.25, 0.3) is 0 Å². The van der Waals surface area contributed by atoms with Crippen LogP contribution in [0.15, 0.2) is 17.2 Å². The van der Waals surface area contributed by atoms with Gasteiger partial charge in [0.25, 0.3) is 0 Å². The van der Waals surface area contributed by atoms with Crippen molar-refractivity contribution in [1.82, 2.24) is 4.98 Å². The molecule has 0 saturated heterocycles. The first-order chi connectivity index (χ1) is 7.84. The topological polar surface area (TPSA) is 79.4 Å². The van der Waals surface area contributed by atoms with E-state index in [0.717, 1.165) is 24.0 Å². The highest BCUT2D eigenvalue weighted by Crippen LogP contribution is 2.33. The van der Waals surface area contributed by atoms with Crippen molar-refractivity contribution in [3.63, 3.8) is 0 Å². The Bertz CT molecular complexity index is 387. The van der Waals surface area contributed by atoms with Crippen molar-refractivity contribution in [1.29, 1.82) is 0 Å². The molecule has 0 aliphatic carbocycles. The van der Waals surface area contributed by atoms with E-state index in [1.165, 1.54) is 0 Å². The van der Waals surface area contributed by atoms with Crippen LogP contribution in [0.4, 0.5) is 18.9 Å². The molecule has 4 nitrogen and oxygen atoms in total. The standard InChI is InChI=1S/C9H11F3N2O2S/c10-9(11,12)8-1-7(6(13)2-14-8)17-4-5(16)3-15/h1-2,5,15-16H,3-4,13H2. The minimum absolute atomic E-state index is 0.0576. The lowest BCUT2D eigenvalue weighted by molar-refractivity contribution is -0.141. The second kappa shape index (κ2) is 5.56. The Morgan fingerprint density at radius 1 is 1.47 bits per heavy atom. The Morgan fingerprint density at radius 3 is 2.65 bits per heavy atom. The minimum atomic E-state index is -4.53. The van der Waals surface area contributed by atoms with Gasteiger partial charge < -0.3 is 15.9 Å². The zero-order valence-electron chi connectivity index (χ0n) is 8.61. The smallest absolute Gasteiger partial charge is 0.397 e. The summed E-state index contributed by atoms with van der Waals surface area (Å²) in [5, 5.41) is 17.7. The molecule has 0 aliphatic rings. The first-order valence-electron chi connectivity index (χ1n) is 4.59. The fraction of sp³-hybridized carbons (Fsp3) is 0.444. The first kappa shape index (κ1) is 14.1. The van der Waals surface area contributed by atoms with E-state index in [1.807, 2.05) is 0 Å². The van der Waals surface area contributed by atoms with Gasteiger partial charge in [-0.05, 0) is 6.07 Å². The molecule has 0 spiro atoms. The SMILES string of the molecule is Nc1cnc(C(F)(F)F)cc1SCC(O)CO. The van der Waals surface area contributed by atoms with Crippen LogP contribution in [0.5, 0.6) is 0 Å². The maximum atomic E-state index is 12.4. The van der Waals surface area contributed by atoms with Crippen LogP contribution in [0.1, 0.15) is 5.69 Å². The number of pyridine rings is 1. The third kappa shape index (κ3) is 4.06. The molecule has 1 rings (SSSR count). The molecule has 0 aromatic carbocycles. The number of halogens is 3. The average Bonchev–Trinajstić information content (AvgIpc) is 2.26. The Balaban J connectivity index is 2.84. The van der Waals surface area contributed by atoms with Crippen molar-refractivity contribution in [2.75, 3.05) is 18.1 Å². The molecule has 0 radical (unpaired) electrons. The molecule has 1 unspecified atom stereocenters. The van der Waals surface area contributed by atoms with Gasteiger partial charge in [-0.3, -0.25) is 0 Å². The van der Waals surface area contributed by atoms with Gasteiger partial charge in [-0.1, -0.05) is 0 Å². The lowest BCUT2D eigenvalue weighted by atomic mass is 10.3. The number of aliphatic hydroxyl groups is 2. The van der Waals surface area contributed by atoms with Crippen LogP contribution >= 0.6 is 11.8 Å². The van der Waals surface area contributed by atoms with Crippen LogP contribution < -0.4 is 5.73 Å². The highest BCUT2D eigenvalue weighted by atomic mass is 32.2.